The van der Waals surface area contributed by atoms with Gasteiger partial charge in [-0.3, -0.25) is 0 Å². The molecule has 0 amide bonds. The summed E-state index contributed by atoms with van der Waals surface area (Å²) in [5, 5.41) is 3.43. The molecular weight excluding hydrogens is 218 g/mol. The van der Waals surface area contributed by atoms with Gasteiger partial charge in [0.1, 0.15) is 0 Å². The molecule has 3 heteroatoms. The van der Waals surface area contributed by atoms with E-state index in [-0.39, 0.29) is 0 Å². The number of rotatable bonds is 6. The number of hydrogen-bond acceptors (Lipinski definition) is 3. The summed E-state index contributed by atoms with van der Waals surface area (Å²) >= 11 is 1.86. The van der Waals surface area contributed by atoms with Gasteiger partial charge in [0, 0.05) is 16.7 Å². The van der Waals surface area contributed by atoms with Crippen LogP contribution < -0.4 is 5.32 Å². The molecule has 1 unspecified atom stereocenters. The largest absolute Gasteiger partial charge is 0.379 e. The summed E-state index contributed by atoms with van der Waals surface area (Å²) in [5.41, 5.74) is 0. The van der Waals surface area contributed by atoms with Crippen molar-refractivity contribution in [1.29, 1.82) is 0 Å². The van der Waals surface area contributed by atoms with Crippen molar-refractivity contribution >= 4 is 11.8 Å². The molecule has 16 heavy (non-hydrogen) atoms. The molecule has 1 aromatic rings. The smallest absolute Gasteiger partial charge is 0.0620 e. The van der Waals surface area contributed by atoms with Gasteiger partial charge in [-0.2, -0.15) is 0 Å². The van der Waals surface area contributed by atoms with E-state index in [2.05, 4.69) is 29.6 Å². The minimum absolute atomic E-state index is 0.599. The highest BCUT2D eigenvalue weighted by atomic mass is 32.2. The van der Waals surface area contributed by atoms with Crippen LogP contribution in [0, 0.1) is 0 Å². The van der Waals surface area contributed by atoms with E-state index in [4.69, 9.17) is 4.74 Å². The number of benzene rings is 1. The summed E-state index contributed by atoms with van der Waals surface area (Å²) in [7, 11) is 0. The molecule has 0 spiro atoms. The Bertz CT molecular complexity index is 285. The fraction of sp³-hybridized carbons (Fsp3) is 0.538. The van der Waals surface area contributed by atoms with Crippen molar-refractivity contribution in [2.24, 2.45) is 0 Å². The molecule has 2 nitrogen and oxygen atoms in total. The molecule has 0 radical (unpaired) electrons. The van der Waals surface area contributed by atoms with Gasteiger partial charge < -0.3 is 10.1 Å². The van der Waals surface area contributed by atoms with Gasteiger partial charge in [0.05, 0.1) is 13.2 Å². The van der Waals surface area contributed by atoms with Crippen molar-refractivity contribution in [3.63, 3.8) is 0 Å². The van der Waals surface area contributed by atoms with Crippen LogP contribution in [0.2, 0.25) is 0 Å². The second kappa shape index (κ2) is 6.94. The van der Waals surface area contributed by atoms with Crippen LogP contribution in [-0.4, -0.2) is 31.6 Å². The average Bonchev–Trinajstić information content (AvgIpc) is 2.83. The lowest BCUT2D eigenvalue weighted by atomic mass is 10.2. The first kappa shape index (κ1) is 12.0. The summed E-state index contributed by atoms with van der Waals surface area (Å²) < 4.78 is 5.66. The molecule has 1 atom stereocenters. The molecule has 0 aliphatic carbocycles. The van der Waals surface area contributed by atoms with E-state index in [9.17, 15) is 0 Å². The second-order valence-electron chi connectivity index (χ2n) is 4.03. The van der Waals surface area contributed by atoms with E-state index in [1.54, 1.807) is 0 Å². The maximum absolute atomic E-state index is 5.66. The SMILES string of the molecule is c1ccc(SCCOCC2CCCN2)cc1. The Morgan fingerprint density at radius 2 is 2.19 bits per heavy atom. The van der Waals surface area contributed by atoms with Crippen molar-refractivity contribution in [2.45, 2.75) is 23.8 Å². The summed E-state index contributed by atoms with van der Waals surface area (Å²) in [6, 6.07) is 11.1. The zero-order valence-electron chi connectivity index (χ0n) is 9.52. The van der Waals surface area contributed by atoms with Crippen molar-refractivity contribution < 1.29 is 4.74 Å². The topological polar surface area (TPSA) is 21.3 Å². The number of nitrogens with one attached hydrogen (secondary N) is 1. The van der Waals surface area contributed by atoms with Gasteiger partial charge in [0.15, 0.2) is 0 Å². The third-order valence-electron chi connectivity index (χ3n) is 2.72. The number of thioether (sulfide) groups is 1. The lowest BCUT2D eigenvalue weighted by Crippen LogP contribution is -2.27. The molecule has 0 bridgehead atoms. The summed E-state index contributed by atoms with van der Waals surface area (Å²) in [4.78, 5) is 1.32. The van der Waals surface area contributed by atoms with Gasteiger partial charge >= 0.3 is 0 Å². The molecule has 1 fully saturated rings. The van der Waals surface area contributed by atoms with E-state index >= 15 is 0 Å². The van der Waals surface area contributed by atoms with Crippen LogP contribution in [0.25, 0.3) is 0 Å². The Labute approximate surface area is 102 Å². The second-order valence-corrected chi connectivity index (χ2v) is 5.20. The average molecular weight is 237 g/mol. The van der Waals surface area contributed by atoms with Crippen LogP contribution in [0.4, 0.5) is 0 Å². The van der Waals surface area contributed by atoms with Crippen LogP contribution in [0.15, 0.2) is 35.2 Å². The number of ether oxygens (including phenoxy) is 1. The standard InChI is InChI=1S/C13H19NOS/c1-2-6-13(7-3-1)16-10-9-15-11-12-5-4-8-14-12/h1-3,6-7,12,14H,4-5,8-11H2. The van der Waals surface area contributed by atoms with Gasteiger partial charge in [-0.1, -0.05) is 18.2 Å². The summed E-state index contributed by atoms with van der Waals surface area (Å²) in [6.45, 7) is 2.87. The van der Waals surface area contributed by atoms with Gasteiger partial charge in [0.25, 0.3) is 0 Å². The van der Waals surface area contributed by atoms with Crippen molar-refractivity contribution in [3.05, 3.63) is 30.3 Å². The van der Waals surface area contributed by atoms with E-state index in [1.807, 2.05) is 17.8 Å². The third-order valence-corrected chi connectivity index (χ3v) is 3.70. The maximum atomic E-state index is 5.66. The Kier molecular flexibility index (Phi) is 5.19. The van der Waals surface area contributed by atoms with Gasteiger partial charge in [-0.05, 0) is 31.5 Å². The molecule has 1 aromatic carbocycles. The van der Waals surface area contributed by atoms with E-state index in [1.165, 1.54) is 17.7 Å². The highest BCUT2D eigenvalue weighted by Gasteiger charge is 2.13. The van der Waals surface area contributed by atoms with E-state index in [0.29, 0.717) is 6.04 Å². The molecule has 0 saturated carbocycles. The molecular formula is C13H19NOS. The third kappa shape index (κ3) is 4.16. The number of hydrogen-bond donors (Lipinski definition) is 1. The fourth-order valence-electron chi connectivity index (χ4n) is 1.86. The minimum atomic E-state index is 0.599. The molecule has 2 rings (SSSR count). The van der Waals surface area contributed by atoms with Crippen LogP contribution in [0.5, 0.6) is 0 Å². The normalized spacial score (nSPS) is 20.1. The molecule has 88 valence electrons. The molecule has 0 aromatic heterocycles. The first-order chi connectivity index (χ1) is 7.95. The van der Waals surface area contributed by atoms with Crippen molar-refractivity contribution in [1.82, 2.24) is 5.32 Å². The highest BCUT2D eigenvalue weighted by Crippen LogP contribution is 2.16. The zero-order chi connectivity index (χ0) is 11.1. The molecule has 1 heterocycles. The van der Waals surface area contributed by atoms with Gasteiger partial charge in [0.2, 0.25) is 0 Å². The monoisotopic (exact) mass is 237 g/mol. The first-order valence-corrected chi connectivity index (χ1v) is 6.93. The van der Waals surface area contributed by atoms with Crippen LogP contribution in [0.3, 0.4) is 0 Å². The zero-order valence-corrected chi connectivity index (χ0v) is 10.3. The van der Waals surface area contributed by atoms with Crippen LogP contribution in [-0.2, 0) is 4.74 Å². The minimum Gasteiger partial charge on any atom is -0.379 e. The fourth-order valence-corrected chi connectivity index (χ4v) is 2.65. The first-order valence-electron chi connectivity index (χ1n) is 5.94. The van der Waals surface area contributed by atoms with Crippen LogP contribution in [0.1, 0.15) is 12.8 Å². The predicted molar refractivity (Wildman–Crippen MR) is 69.0 cm³/mol. The van der Waals surface area contributed by atoms with Gasteiger partial charge in [-0.15, -0.1) is 11.8 Å². The maximum Gasteiger partial charge on any atom is 0.0620 e. The Hall–Kier alpha value is -0.510. The lowest BCUT2D eigenvalue weighted by Gasteiger charge is -2.10. The van der Waals surface area contributed by atoms with E-state index in [0.717, 1.165) is 25.5 Å². The summed E-state index contributed by atoms with van der Waals surface area (Å²) in [6.07, 6.45) is 2.57. The van der Waals surface area contributed by atoms with Gasteiger partial charge in [-0.25, -0.2) is 0 Å². The molecule has 1 aliphatic heterocycles. The molecule has 1 saturated heterocycles. The lowest BCUT2D eigenvalue weighted by molar-refractivity contribution is 0.130. The predicted octanol–water partition coefficient (Wildman–Crippen LogP) is 2.55. The Morgan fingerprint density at radius 1 is 1.31 bits per heavy atom. The Morgan fingerprint density at radius 3 is 2.94 bits per heavy atom. The summed E-state index contributed by atoms with van der Waals surface area (Å²) in [5.74, 6) is 1.04. The molecule has 1 N–H and O–H groups in total. The van der Waals surface area contributed by atoms with Crippen molar-refractivity contribution in [2.75, 3.05) is 25.5 Å². The van der Waals surface area contributed by atoms with Crippen LogP contribution >= 0.6 is 11.8 Å². The quantitative estimate of drug-likeness (QED) is 0.607. The molecule has 1 aliphatic rings. The Balaban J connectivity index is 1.52. The highest BCUT2D eigenvalue weighted by molar-refractivity contribution is 7.99. The van der Waals surface area contributed by atoms with E-state index < -0.39 is 0 Å². The van der Waals surface area contributed by atoms with Crippen molar-refractivity contribution in [3.8, 4) is 0 Å².